The molecule has 2 rings (SSSR count). The van der Waals surface area contributed by atoms with E-state index < -0.39 is 18.4 Å². The molecule has 0 aliphatic heterocycles. The summed E-state index contributed by atoms with van der Waals surface area (Å²) in [5.74, 6) is 0. The van der Waals surface area contributed by atoms with Crippen molar-refractivity contribution in [3.8, 4) is 0 Å². The molecule has 1 aromatic rings. The second-order valence-electron chi connectivity index (χ2n) is 6.83. The SMILES string of the molecule is CCC[CH2][Sn]([CH2]CCC)([CH2]CCC)[c]1nc2c(s1)CCC2. The Balaban J connectivity index is 2.24. The van der Waals surface area contributed by atoms with Gasteiger partial charge in [0.2, 0.25) is 0 Å². The van der Waals surface area contributed by atoms with Gasteiger partial charge < -0.3 is 0 Å². The van der Waals surface area contributed by atoms with Crippen LogP contribution < -0.4 is 3.02 Å². The van der Waals surface area contributed by atoms with Gasteiger partial charge in [0.15, 0.2) is 0 Å². The number of fused-ring (bicyclic) bond motifs is 1. The minimum absolute atomic E-state index is 1.27. The van der Waals surface area contributed by atoms with Crippen molar-refractivity contribution in [3.05, 3.63) is 10.6 Å². The molecular formula is C18H33NSSn. The molecule has 0 N–H and O–H groups in total. The Labute approximate surface area is 139 Å². The predicted molar refractivity (Wildman–Crippen MR) is 98.7 cm³/mol. The molecule has 0 unspecified atom stereocenters. The molecule has 1 heterocycles. The quantitative estimate of drug-likeness (QED) is 0.449. The predicted octanol–water partition coefficient (Wildman–Crippen LogP) is 5.69. The van der Waals surface area contributed by atoms with Gasteiger partial charge in [-0.25, -0.2) is 0 Å². The van der Waals surface area contributed by atoms with Crippen LogP contribution in [0, 0.1) is 0 Å². The summed E-state index contributed by atoms with van der Waals surface area (Å²) in [4.78, 5) is 6.90. The van der Waals surface area contributed by atoms with Gasteiger partial charge in [-0.3, -0.25) is 0 Å². The van der Waals surface area contributed by atoms with Crippen molar-refractivity contribution >= 4 is 32.7 Å². The first-order chi connectivity index (χ1) is 10.3. The summed E-state index contributed by atoms with van der Waals surface area (Å²) < 4.78 is 6.41. The average molecular weight is 414 g/mol. The van der Waals surface area contributed by atoms with Crippen LogP contribution in [0.25, 0.3) is 0 Å². The van der Waals surface area contributed by atoms with E-state index in [2.05, 4.69) is 32.1 Å². The molecule has 0 fully saturated rings. The van der Waals surface area contributed by atoms with Crippen molar-refractivity contribution in [3.63, 3.8) is 0 Å². The zero-order valence-corrected chi connectivity index (χ0v) is 18.0. The number of thiazole rings is 1. The van der Waals surface area contributed by atoms with Crippen LogP contribution in [0.15, 0.2) is 0 Å². The molecule has 0 bridgehead atoms. The van der Waals surface area contributed by atoms with Crippen molar-refractivity contribution in [1.82, 2.24) is 4.98 Å². The van der Waals surface area contributed by atoms with Gasteiger partial charge in [0.05, 0.1) is 0 Å². The molecule has 1 aliphatic rings. The molecule has 120 valence electrons. The van der Waals surface area contributed by atoms with Crippen molar-refractivity contribution in [2.45, 2.75) is 91.9 Å². The summed E-state index contributed by atoms with van der Waals surface area (Å²) in [5, 5.41) is 0. The van der Waals surface area contributed by atoms with Gasteiger partial charge >= 0.3 is 140 Å². The number of unbranched alkanes of at least 4 members (excludes halogenated alkanes) is 3. The summed E-state index contributed by atoms with van der Waals surface area (Å²) in [6, 6.07) is 0. The van der Waals surface area contributed by atoms with E-state index in [4.69, 9.17) is 4.98 Å². The summed E-state index contributed by atoms with van der Waals surface area (Å²) >= 11 is -0.0382. The summed E-state index contributed by atoms with van der Waals surface area (Å²) in [6.45, 7) is 7.08. The fourth-order valence-electron chi connectivity index (χ4n) is 3.66. The van der Waals surface area contributed by atoms with Crippen molar-refractivity contribution < 1.29 is 0 Å². The van der Waals surface area contributed by atoms with E-state index in [0.717, 1.165) is 0 Å². The molecule has 0 atom stereocenters. The fraction of sp³-hybridized carbons (Fsp3) is 0.833. The van der Waals surface area contributed by atoms with E-state index in [0.29, 0.717) is 0 Å². The van der Waals surface area contributed by atoms with Crippen LogP contribution in [0.3, 0.4) is 0 Å². The van der Waals surface area contributed by atoms with Gasteiger partial charge in [0, 0.05) is 0 Å². The molecule has 1 aliphatic carbocycles. The Hall–Kier alpha value is 0.429. The third-order valence-corrected chi connectivity index (χ3v) is 24.0. The Morgan fingerprint density at radius 3 is 1.95 bits per heavy atom. The van der Waals surface area contributed by atoms with Gasteiger partial charge in [0.1, 0.15) is 0 Å². The van der Waals surface area contributed by atoms with E-state index in [-0.39, 0.29) is 0 Å². The van der Waals surface area contributed by atoms with Crippen molar-refractivity contribution in [1.29, 1.82) is 0 Å². The van der Waals surface area contributed by atoms with Gasteiger partial charge in [0.25, 0.3) is 0 Å². The molecule has 21 heavy (non-hydrogen) atoms. The zero-order valence-electron chi connectivity index (χ0n) is 14.3. The van der Waals surface area contributed by atoms with E-state index in [1.165, 1.54) is 63.5 Å². The Kier molecular flexibility index (Phi) is 7.54. The summed E-state index contributed by atoms with van der Waals surface area (Å²) in [6.07, 6.45) is 12.4. The molecular weight excluding hydrogens is 381 g/mol. The Morgan fingerprint density at radius 1 is 0.905 bits per heavy atom. The number of aromatic nitrogens is 1. The molecule has 0 saturated carbocycles. The molecule has 0 aromatic carbocycles. The van der Waals surface area contributed by atoms with E-state index in [9.17, 15) is 0 Å². The zero-order chi connectivity index (χ0) is 15.1. The monoisotopic (exact) mass is 415 g/mol. The number of nitrogens with zero attached hydrogens (tertiary/aromatic N) is 1. The van der Waals surface area contributed by atoms with E-state index in [1.54, 1.807) is 21.2 Å². The second kappa shape index (κ2) is 8.90. The topological polar surface area (TPSA) is 12.9 Å². The molecule has 3 heteroatoms. The van der Waals surface area contributed by atoms with Crippen LogP contribution in [0.2, 0.25) is 13.3 Å². The number of hydrogen-bond acceptors (Lipinski definition) is 2. The van der Waals surface area contributed by atoms with Crippen molar-refractivity contribution in [2.24, 2.45) is 0 Å². The van der Waals surface area contributed by atoms with Crippen LogP contribution in [-0.2, 0) is 12.8 Å². The standard InChI is InChI=1S/C6H6NS.3C4H9.Sn/c1-2-5-6(3-1)8-4-7-5;3*1-3-4-2;/h1-3H2;3*1,3-4H2,2H3;. The van der Waals surface area contributed by atoms with Gasteiger partial charge in [-0.2, -0.15) is 0 Å². The van der Waals surface area contributed by atoms with Gasteiger partial charge in [-0.1, -0.05) is 0 Å². The molecule has 0 spiro atoms. The average Bonchev–Trinajstić information content (AvgIpc) is 3.08. The van der Waals surface area contributed by atoms with Crippen LogP contribution in [0.4, 0.5) is 0 Å². The van der Waals surface area contributed by atoms with E-state index in [1.807, 2.05) is 0 Å². The van der Waals surface area contributed by atoms with Gasteiger partial charge in [-0.05, 0) is 0 Å². The maximum absolute atomic E-state index is 5.23. The van der Waals surface area contributed by atoms with Crippen LogP contribution >= 0.6 is 11.3 Å². The Bertz CT molecular complexity index is 384. The molecule has 0 radical (unpaired) electrons. The molecule has 1 aromatic heterocycles. The first-order valence-corrected chi connectivity index (χ1v) is 17.5. The van der Waals surface area contributed by atoms with Crippen LogP contribution in [-0.4, -0.2) is 23.4 Å². The minimum atomic E-state index is -2.20. The molecule has 0 saturated heterocycles. The Morgan fingerprint density at radius 2 is 1.48 bits per heavy atom. The first kappa shape index (κ1) is 17.8. The first-order valence-electron chi connectivity index (χ1n) is 9.24. The van der Waals surface area contributed by atoms with Gasteiger partial charge in [-0.15, -0.1) is 0 Å². The number of rotatable bonds is 10. The molecule has 0 amide bonds. The van der Waals surface area contributed by atoms with E-state index >= 15 is 0 Å². The van der Waals surface area contributed by atoms with Crippen LogP contribution in [0.5, 0.6) is 0 Å². The van der Waals surface area contributed by atoms with Crippen molar-refractivity contribution in [2.75, 3.05) is 0 Å². The summed E-state index contributed by atoms with van der Waals surface area (Å²) in [5.41, 5.74) is 1.50. The summed E-state index contributed by atoms with van der Waals surface area (Å²) in [7, 11) is 0. The number of aryl methyl sites for hydroxylation is 2. The normalized spacial score (nSPS) is 14.6. The third-order valence-electron chi connectivity index (χ3n) is 5.08. The second-order valence-corrected chi connectivity index (χ2v) is 21.9. The van der Waals surface area contributed by atoms with Crippen LogP contribution in [0.1, 0.15) is 76.3 Å². The number of hydrogen-bond donors (Lipinski definition) is 0. The maximum atomic E-state index is 5.23. The third kappa shape index (κ3) is 4.46. The fourth-order valence-corrected chi connectivity index (χ4v) is 23.6. The molecule has 1 nitrogen and oxygen atoms in total.